The third kappa shape index (κ3) is 5.28. The molecular weight excluding hydrogens is 248 g/mol. The van der Waals surface area contributed by atoms with Crippen LogP contribution in [-0.4, -0.2) is 59.4 Å². The van der Waals surface area contributed by atoms with Crippen LogP contribution in [0.4, 0.5) is 0 Å². The molecule has 19 heavy (non-hydrogen) atoms. The number of rotatable bonds is 5. The van der Waals surface area contributed by atoms with Gasteiger partial charge in [-0.05, 0) is 25.2 Å². The molecule has 1 heterocycles. The van der Waals surface area contributed by atoms with E-state index < -0.39 is 5.97 Å². The summed E-state index contributed by atoms with van der Waals surface area (Å²) < 4.78 is 0. The Balaban J connectivity index is 2.31. The van der Waals surface area contributed by atoms with Gasteiger partial charge in [-0.1, -0.05) is 0 Å². The Bertz CT molecular complexity index is 349. The van der Waals surface area contributed by atoms with Crippen LogP contribution in [0.1, 0.15) is 32.6 Å². The van der Waals surface area contributed by atoms with Crippen LogP contribution in [0.2, 0.25) is 0 Å². The number of hydrogen-bond acceptors (Lipinski definition) is 3. The van der Waals surface area contributed by atoms with Gasteiger partial charge < -0.3 is 14.9 Å². The van der Waals surface area contributed by atoms with Gasteiger partial charge in [0, 0.05) is 33.5 Å². The van der Waals surface area contributed by atoms with E-state index in [1.807, 2.05) is 0 Å². The van der Waals surface area contributed by atoms with Crippen LogP contribution in [-0.2, 0) is 14.4 Å². The Hall–Kier alpha value is -1.59. The molecule has 1 rings (SSSR count). The van der Waals surface area contributed by atoms with Crippen molar-refractivity contribution in [3.8, 4) is 0 Å². The molecule has 0 aliphatic carbocycles. The number of piperidine rings is 1. The highest BCUT2D eigenvalue weighted by Gasteiger charge is 2.24. The van der Waals surface area contributed by atoms with E-state index in [1.165, 1.54) is 11.8 Å². The summed E-state index contributed by atoms with van der Waals surface area (Å²) in [5.74, 6) is -0.522. The first-order valence-corrected chi connectivity index (χ1v) is 6.61. The van der Waals surface area contributed by atoms with Crippen LogP contribution >= 0.6 is 0 Å². The van der Waals surface area contributed by atoms with Gasteiger partial charge in [-0.2, -0.15) is 0 Å². The van der Waals surface area contributed by atoms with E-state index in [2.05, 4.69) is 0 Å². The molecule has 2 amide bonds. The fourth-order valence-corrected chi connectivity index (χ4v) is 2.21. The van der Waals surface area contributed by atoms with Crippen molar-refractivity contribution < 1.29 is 19.5 Å². The average Bonchev–Trinajstić information content (AvgIpc) is 2.36. The monoisotopic (exact) mass is 270 g/mol. The SMILES string of the molecule is CC(=O)N(C)CC(=O)N1CCC(CCC(=O)O)CC1. The van der Waals surface area contributed by atoms with Gasteiger partial charge in [0.25, 0.3) is 0 Å². The number of amides is 2. The number of hydrogen-bond donors (Lipinski definition) is 1. The summed E-state index contributed by atoms with van der Waals surface area (Å²) in [7, 11) is 1.61. The number of likely N-dealkylation sites (N-methyl/N-ethyl adjacent to an activating group) is 1. The molecule has 0 aromatic heterocycles. The summed E-state index contributed by atoms with van der Waals surface area (Å²) in [4.78, 5) is 36.6. The molecule has 1 aliphatic heterocycles. The van der Waals surface area contributed by atoms with Gasteiger partial charge in [0.1, 0.15) is 0 Å². The standard InChI is InChI=1S/C13H22N2O4/c1-10(16)14(2)9-12(17)15-7-5-11(6-8-15)3-4-13(18)19/h11H,3-9H2,1-2H3,(H,18,19). The van der Waals surface area contributed by atoms with Gasteiger partial charge in [-0.25, -0.2) is 0 Å². The minimum Gasteiger partial charge on any atom is -0.481 e. The highest BCUT2D eigenvalue weighted by Crippen LogP contribution is 2.21. The van der Waals surface area contributed by atoms with Crippen LogP contribution < -0.4 is 0 Å². The molecule has 0 radical (unpaired) electrons. The first-order valence-electron chi connectivity index (χ1n) is 6.61. The number of aliphatic carboxylic acids is 1. The van der Waals surface area contributed by atoms with E-state index >= 15 is 0 Å². The zero-order valence-electron chi connectivity index (χ0n) is 11.6. The largest absolute Gasteiger partial charge is 0.481 e. The fraction of sp³-hybridized carbons (Fsp3) is 0.769. The summed E-state index contributed by atoms with van der Waals surface area (Å²) >= 11 is 0. The third-order valence-electron chi connectivity index (χ3n) is 3.64. The highest BCUT2D eigenvalue weighted by atomic mass is 16.4. The second-order valence-electron chi connectivity index (χ2n) is 5.13. The molecule has 0 aromatic rings. The maximum atomic E-state index is 11.9. The maximum absolute atomic E-state index is 11.9. The van der Waals surface area contributed by atoms with Crippen molar-refractivity contribution in [3.05, 3.63) is 0 Å². The Labute approximate surface area is 113 Å². The molecule has 0 spiro atoms. The Morgan fingerprint density at radius 3 is 2.32 bits per heavy atom. The lowest BCUT2D eigenvalue weighted by atomic mass is 9.92. The molecule has 1 aliphatic rings. The van der Waals surface area contributed by atoms with E-state index in [1.54, 1.807) is 11.9 Å². The predicted octanol–water partition coefficient (Wildman–Crippen LogP) is 0.568. The van der Waals surface area contributed by atoms with E-state index in [-0.39, 0.29) is 24.8 Å². The van der Waals surface area contributed by atoms with Crippen LogP contribution in [0.3, 0.4) is 0 Å². The van der Waals surface area contributed by atoms with Gasteiger partial charge in [0.2, 0.25) is 11.8 Å². The zero-order valence-corrected chi connectivity index (χ0v) is 11.6. The fourth-order valence-electron chi connectivity index (χ4n) is 2.21. The molecule has 1 saturated heterocycles. The van der Waals surface area contributed by atoms with Crippen molar-refractivity contribution >= 4 is 17.8 Å². The number of nitrogens with zero attached hydrogens (tertiary/aromatic N) is 2. The van der Waals surface area contributed by atoms with Gasteiger partial charge in [-0.3, -0.25) is 14.4 Å². The Kier molecular flexibility index (Phi) is 5.79. The van der Waals surface area contributed by atoms with Crippen LogP contribution in [0.25, 0.3) is 0 Å². The molecule has 1 fully saturated rings. The van der Waals surface area contributed by atoms with Crippen LogP contribution in [0.5, 0.6) is 0 Å². The van der Waals surface area contributed by atoms with Crippen LogP contribution in [0.15, 0.2) is 0 Å². The number of carbonyl (C=O) groups is 3. The minimum atomic E-state index is -0.762. The number of carbonyl (C=O) groups excluding carboxylic acids is 2. The molecule has 0 unspecified atom stereocenters. The summed E-state index contributed by atoms with van der Waals surface area (Å²) in [6.07, 6.45) is 2.59. The third-order valence-corrected chi connectivity index (χ3v) is 3.64. The quantitative estimate of drug-likeness (QED) is 0.792. The van der Waals surface area contributed by atoms with Crippen molar-refractivity contribution in [2.75, 3.05) is 26.7 Å². The van der Waals surface area contributed by atoms with Crippen molar-refractivity contribution in [1.82, 2.24) is 9.80 Å². The molecule has 0 atom stereocenters. The highest BCUT2D eigenvalue weighted by molar-refractivity contribution is 5.83. The summed E-state index contributed by atoms with van der Waals surface area (Å²) in [5, 5.41) is 8.63. The lowest BCUT2D eigenvalue weighted by Crippen LogP contribution is -2.44. The van der Waals surface area contributed by atoms with Crippen molar-refractivity contribution in [1.29, 1.82) is 0 Å². The first kappa shape index (κ1) is 15.5. The summed E-state index contributed by atoms with van der Waals surface area (Å²) in [5.41, 5.74) is 0. The van der Waals surface area contributed by atoms with E-state index in [9.17, 15) is 14.4 Å². The normalized spacial score (nSPS) is 16.2. The van der Waals surface area contributed by atoms with Crippen molar-refractivity contribution in [3.63, 3.8) is 0 Å². The molecule has 0 saturated carbocycles. The number of carboxylic acid groups (broad SMARTS) is 1. The smallest absolute Gasteiger partial charge is 0.303 e. The van der Waals surface area contributed by atoms with Gasteiger partial charge in [-0.15, -0.1) is 0 Å². The summed E-state index contributed by atoms with van der Waals surface area (Å²) in [6, 6.07) is 0. The van der Waals surface area contributed by atoms with Crippen molar-refractivity contribution in [2.45, 2.75) is 32.6 Å². The van der Waals surface area contributed by atoms with Gasteiger partial charge in [0.15, 0.2) is 0 Å². The van der Waals surface area contributed by atoms with Crippen molar-refractivity contribution in [2.24, 2.45) is 5.92 Å². The minimum absolute atomic E-state index is 0.0330. The molecule has 6 heteroatoms. The van der Waals surface area contributed by atoms with Crippen LogP contribution in [0, 0.1) is 5.92 Å². The van der Waals surface area contributed by atoms with Gasteiger partial charge in [0.05, 0.1) is 6.54 Å². The molecule has 6 nitrogen and oxygen atoms in total. The molecule has 0 bridgehead atoms. The lowest BCUT2D eigenvalue weighted by Gasteiger charge is -2.32. The second kappa shape index (κ2) is 7.11. The van der Waals surface area contributed by atoms with E-state index in [0.29, 0.717) is 25.4 Å². The summed E-state index contributed by atoms with van der Waals surface area (Å²) in [6.45, 7) is 2.88. The van der Waals surface area contributed by atoms with E-state index in [0.717, 1.165) is 12.8 Å². The first-order chi connectivity index (χ1) is 8.90. The average molecular weight is 270 g/mol. The maximum Gasteiger partial charge on any atom is 0.303 e. The molecule has 1 N–H and O–H groups in total. The predicted molar refractivity (Wildman–Crippen MR) is 69.5 cm³/mol. The number of carboxylic acids is 1. The molecular formula is C13H22N2O4. The number of likely N-dealkylation sites (tertiary alicyclic amines) is 1. The second-order valence-corrected chi connectivity index (χ2v) is 5.13. The Morgan fingerprint density at radius 1 is 1.26 bits per heavy atom. The lowest BCUT2D eigenvalue weighted by molar-refractivity contribution is -0.139. The topological polar surface area (TPSA) is 77.9 Å². The molecule has 0 aromatic carbocycles. The Morgan fingerprint density at radius 2 is 1.84 bits per heavy atom. The van der Waals surface area contributed by atoms with Gasteiger partial charge >= 0.3 is 5.97 Å². The van der Waals surface area contributed by atoms with E-state index in [4.69, 9.17) is 5.11 Å². The molecule has 108 valence electrons. The zero-order chi connectivity index (χ0) is 14.4.